The third kappa shape index (κ3) is 2.06. The van der Waals surface area contributed by atoms with E-state index in [9.17, 15) is 5.11 Å². The van der Waals surface area contributed by atoms with E-state index in [1.54, 1.807) is 7.11 Å². The van der Waals surface area contributed by atoms with Gasteiger partial charge in [-0.05, 0) is 30.4 Å². The highest BCUT2D eigenvalue weighted by Gasteiger charge is 2.23. The molecule has 0 radical (unpaired) electrons. The van der Waals surface area contributed by atoms with Gasteiger partial charge in [-0.25, -0.2) is 0 Å². The number of hydrogen-bond acceptors (Lipinski definition) is 2. The van der Waals surface area contributed by atoms with E-state index in [2.05, 4.69) is 0 Å². The molecule has 2 rings (SSSR count). The Labute approximate surface area is 112 Å². The Morgan fingerprint density at radius 2 is 1.94 bits per heavy atom. The summed E-state index contributed by atoms with van der Waals surface area (Å²) >= 11 is 6.30. The van der Waals surface area contributed by atoms with E-state index < -0.39 is 5.60 Å². The molecule has 2 nitrogen and oxygen atoms in total. The highest BCUT2D eigenvalue weighted by molar-refractivity contribution is 6.37. The minimum atomic E-state index is -0.850. The van der Waals surface area contributed by atoms with Crippen LogP contribution in [0.2, 0.25) is 5.02 Å². The molecule has 1 N–H and O–H groups in total. The van der Waals surface area contributed by atoms with Crippen LogP contribution < -0.4 is 4.74 Å². The lowest BCUT2D eigenvalue weighted by Crippen LogP contribution is -2.19. The summed E-state index contributed by atoms with van der Waals surface area (Å²) in [7, 11) is 1.60. The molecule has 0 fully saturated rings. The molecule has 0 amide bonds. The Kier molecular flexibility index (Phi) is 3.51. The van der Waals surface area contributed by atoms with E-state index in [0.717, 1.165) is 16.3 Å². The molecular weight excluding hydrogens is 248 g/mol. The molecule has 2 aromatic rings. The second-order valence-electron chi connectivity index (χ2n) is 4.61. The van der Waals surface area contributed by atoms with Crippen molar-refractivity contribution in [2.75, 3.05) is 7.11 Å². The monoisotopic (exact) mass is 264 g/mol. The van der Waals surface area contributed by atoms with Gasteiger partial charge in [-0.2, -0.15) is 0 Å². The summed E-state index contributed by atoms with van der Waals surface area (Å²) < 4.78 is 5.21. The van der Waals surface area contributed by atoms with Crippen molar-refractivity contribution in [3.05, 3.63) is 40.9 Å². The Hall–Kier alpha value is -1.25. The molecule has 96 valence electrons. The number of fused-ring (bicyclic) bond motifs is 1. The lowest BCUT2D eigenvalue weighted by atomic mass is 9.89. The Bertz CT molecular complexity index is 576. The lowest BCUT2D eigenvalue weighted by Gasteiger charge is -2.24. The zero-order valence-corrected chi connectivity index (χ0v) is 11.6. The van der Waals surface area contributed by atoms with Crippen molar-refractivity contribution in [1.29, 1.82) is 0 Å². The van der Waals surface area contributed by atoms with Gasteiger partial charge >= 0.3 is 0 Å². The fraction of sp³-hybridized carbons (Fsp3) is 0.333. The van der Waals surface area contributed by atoms with Crippen LogP contribution in [0.25, 0.3) is 10.8 Å². The number of methoxy groups -OCH3 is 1. The van der Waals surface area contributed by atoms with Crippen molar-refractivity contribution in [2.45, 2.75) is 25.9 Å². The highest BCUT2D eigenvalue weighted by atomic mass is 35.5. The number of halogens is 1. The number of aliphatic hydroxyl groups is 1. The maximum Gasteiger partial charge on any atom is 0.138 e. The number of hydrogen-bond donors (Lipinski definition) is 1. The number of rotatable bonds is 3. The molecule has 0 aliphatic heterocycles. The maximum absolute atomic E-state index is 10.4. The van der Waals surface area contributed by atoms with Crippen molar-refractivity contribution in [1.82, 2.24) is 0 Å². The standard InChI is InChI=1S/C15H17ClO2/c1-4-15(2,17)12-7-5-6-11-10(12)8-9-13(18-3)14(11)16/h5-9,17H,4H2,1-3H3. The molecule has 0 spiro atoms. The van der Waals surface area contributed by atoms with Gasteiger partial charge in [-0.1, -0.05) is 42.8 Å². The molecule has 0 aliphatic carbocycles. The average Bonchev–Trinajstić information content (AvgIpc) is 2.39. The summed E-state index contributed by atoms with van der Waals surface area (Å²) in [5.74, 6) is 0.650. The minimum absolute atomic E-state index is 0.587. The summed E-state index contributed by atoms with van der Waals surface area (Å²) in [4.78, 5) is 0. The smallest absolute Gasteiger partial charge is 0.138 e. The first kappa shape index (κ1) is 13.2. The third-order valence-corrected chi connectivity index (χ3v) is 3.84. The quantitative estimate of drug-likeness (QED) is 0.904. The highest BCUT2D eigenvalue weighted by Crippen LogP contribution is 2.37. The molecule has 0 saturated carbocycles. The fourth-order valence-electron chi connectivity index (χ4n) is 2.12. The first-order valence-corrected chi connectivity index (χ1v) is 6.37. The summed E-state index contributed by atoms with van der Waals surface area (Å²) in [5, 5.41) is 12.9. The molecule has 2 aromatic carbocycles. The molecular formula is C15H17ClO2. The van der Waals surface area contributed by atoms with Crippen molar-refractivity contribution in [2.24, 2.45) is 0 Å². The molecule has 0 bridgehead atoms. The summed E-state index contributed by atoms with van der Waals surface area (Å²) in [6.45, 7) is 3.78. The van der Waals surface area contributed by atoms with Crippen LogP contribution in [0, 0.1) is 0 Å². The zero-order chi connectivity index (χ0) is 13.3. The predicted molar refractivity (Wildman–Crippen MR) is 75.4 cm³/mol. The second kappa shape index (κ2) is 4.79. The van der Waals surface area contributed by atoms with Gasteiger partial charge in [-0.3, -0.25) is 0 Å². The predicted octanol–water partition coefficient (Wildman–Crippen LogP) is 4.12. The molecule has 0 heterocycles. The van der Waals surface area contributed by atoms with Gasteiger partial charge in [-0.15, -0.1) is 0 Å². The topological polar surface area (TPSA) is 29.5 Å². The van der Waals surface area contributed by atoms with Crippen LogP contribution >= 0.6 is 11.6 Å². The van der Waals surface area contributed by atoms with Gasteiger partial charge in [0.15, 0.2) is 0 Å². The average molecular weight is 265 g/mol. The van der Waals surface area contributed by atoms with E-state index in [-0.39, 0.29) is 0 Å². The fourth-order valence-corrected chi connectivity index (χ4v) is 2.42. The van der Waals surface area contributed by atoms with Crippen LogP contribution in [0.15, 0.2) is 30.3 Å². The van der Waals surface area contributed by atoms with Crippen LogP contribution in [-0.4, -0.2) is 12.2 Å². The third-order valence-electron chi connectivity index (χ3n) is 3.45. The van der Waals surface area contributed by atoms with Gasteiger partial charge in [0, 0.05) is 5.39 Å². The zero-order valence-electron chi connectivity index (χ0n) is 10.8. The van der Waals surface area contributed by atoms with Crippen molar-refractivity contribution >= 4 is 22.4 Å². The van der Waals surface area contributed by atoms with Gasteiger partial charge in [0.1, 0.15) is 5.75 Å². The van der Waals surface area contributed by atoms with Crippen molar-refractivity contribution in [3.63, 3.8) is 0 Å². The summed E-state index contributed by atoms with van der Waals surface area (Å²) in [6, 6.07) is 9.57. The van der Waals surface area contributed by atoms with Crippen molar-refractivity contribution in [3.8, 4) is 5.75 Å². The lowest BCUT2D eigenvalue weighted by molar-refractivity contribution is 0.0546. The largest absolute Gasteiger partial charge is 0.495 e. The van der Waals surface area contributed by atoms with Gasteiger partial charge in [0.05, 0.1) is 17.7 Å². The second-order valence-corrected chi connectivity index (χ2v) is 4.99. The van der Waals surface area contributed by atoms with Crippen LogP contribution in [-0.2, 0) is 5.60 Å². The summed E-state index contributed by atoms with van der Waals surface area (Å²) in [5.41, 5.74) is 0.0456. The van der Waals surface area contributed by atoms with Crippen LogP contribution in [0.1, 0.15) is 25.8 Å². The number of benzene rings is 2. The maximum atomic E-state index is 10.4. The first-order valence-electron chi connectivity index (χ1n) is 5.99. The minimum Gasteiger partial charge on any atom is -0.495 e. The molecule has 0 aromatic heterocycles. The first-order chi connectivity index (χ1) is 8.51. The number of ether oxygens (including phenoxy) is 1. The molecule has 0 saturated heterocycles. The Morgan fingerprint density at radius 3 is 2.56 bits per heavy atom. The van der Waals surface area contributed by atoms with E-state index in [0.29, 0.717) is 17.2 Å². The SMILES string of the molecule is CCC(C)(O)c1cccc2c(Cl)c(OC)ccc12. The molecule has 1 atom stereocenters. The molecule has 18 heavy (non-hydrogen) atoms. The van der Waals surface area contributed by atoms with E-state index >= 15 is 0 Å². The van der Waals surface area contributed by atoms with Crippen LogP contribution in [0.4, 0.5) is 0 Å². The van der Waals surface area contributed by atoms with Gasteiger partial charge in [0.2, 0.25) is 0 Å². The molecule has 3 heteroatoms. The van der Waals surface area contributed by atoms with E-state index in [4.69, 9.17) is 16.3 Å². The van der Waals surface area contributed by atoms with Gasteiger partial charge in [0.25, 0.3) is 0 Å². The van der Waals surface area contributed by atoms with Crippen LogP contribution in [0.3, 0.4) is 0 Å². The normalized spacial score (nSPS) is 14.5. The van der Waals surface area contributed by atoms with E-state index in [1.165, 1.54) is 0 Å². The van der Waals surface area contributed by atoms with E-state index in [1.807, 2.05) is 44.2 Å². The van der Waals surface area contributed by atoms with Gasteiger partial charge < -0.3 is 9.84 Å². The Balaban J connectivity index is 2.76. The van der Waals surface area contributed by atoms with Crippen molar-refractivity contribution < 1.29 is 9.84 Å². The summed E-state index contributed by atoms with van der Waals surface area (Å²) in [6.07, 6.45) is 0.649. The molecule has 1 unspecified atom stereocenters. The molecule has 0 aliphatic rings. The van der Waals surface area contributed by atoms with Crippen LogP contribution in [0.5, 0.6) is 5.75 Å². The Morgan fingerprint density at radius 1 is 1.22 bits per heavy atom.